The van der Waals surface area contributed by atoms with Gasteiger partial charge in [-0.25, -0.2) is 4.79 Å². The van der Waals surface area contributed by atoms with Gasteiger partial charge in [-0.15, -0.1) is 11.3 Å². The van der Waals surface area contributed by atoms with E-state index in [2.05, 4.69) is 37.2 Å². The third-order valence-electron chi connectivity index (χ3n) is 2.61. The molecule has 0 bridgehead atoms. The number of methoxy groups -OCH3 is 1. The van der Waals surface area contributed by atoms with E-state index in [0.717, 1.165) is 3.79 Å². The largest absolute Gasteiger partial charge is 0.497 e. The lowest BCUT2D eigenvalue weighted by molar-refractivity contribution is 0.0698. The first-order valence-corrected chi connectivity index (χ1v) is 8.00. The summed E-state index contributed by atoms with van der Waals surface area (Å²) in [6.45, 7) is 0. The third-order valence-corrected chi connectivity index (χ3v) is 4.95. The van der Waals surface area contributed by atoms with E-state index in [0.29, 0.717) is 15.1 Å². The predicted molar refractivity (Wildman–Crippen MR) is 87.6 cm³/mol. The van der Waals surface area contributed by atoms with Crippen LogP contribution in [0.2, 0.25) is 0 Å². The molecule has 0 spiro atoms. The maximum absolute atomic E-state index is 12.2. The Kier molecular flexibility index (Phi) is 5.02. The number of aromatic carboxylic acids is 1. The number of amides is 1. The van der Waals surface area contributed by atoms with Crippen LogP contribution in [0, 0.1) is 0 Å². The van der Waals surface area contributed by atoms with Gasteiger partial charge in [0.1, 0.15) is 5.75 Å². The molecule has 0 saturated heterocycles. The van der Waals surface area contributed by atoms with Gasteiger partial charge in [-0.3, -0.25) is 4.79 Å². The molecule has 0 fully saturated rings. The maximum Gasteiger partial charge on any atom is 0.337 e. The molecule has 5 nitrogen and oxygen atoms in total. The van der Waals surface area contributed by atoms with E-state index in [1.165, 1.54) is 36.6 Å². The van der Waals surface area contributed by atoms with Crippen molar-refractivity contribution in [1.29, 1.82) is 0 Å². The number of nitrogens with one attached hydrogen (secondary N) is 1. The molecule has 0 aliphatic heterocycles. The quantitative estimate of drug-likeness (QED) is 0.754. The lowest BCUT2D eigenvalue weighted by Crippen LogP contribution is -2.14. The lowest BCUT2D eigenvalue weighted by Gasteiger charge is -2.10. The van der Waals surface area contributed by atoms with E-state index in [1.54, 1.807) is 6.07 Å². The molecule has 0 saturated carbocycles. The van der Waals surface area contributed by atoms with Crippen LogP contribution < -0.4 is 10.1 Å². The second-order valence-electron chi connectivity index (χ2n) is 3.91. The van der Waals surface area contributed by atoms with Gasteiger partial charge in [0.25, 0.3) is 5.91 Å². The van der Waals surface area contributed by atoms with Gasteiger partial charge in [-0.05, 0) is 50.1 Å². The molecule has 0 aliphatic carbocycles. The molecule has 21 heavy (non-hydrogen) atoms. The summed E-state index contributed by atoms with van der Waals surface area (Å²) in [6, 6.07) is 6.03. The van der Waals surface area contributed by atoms with Crippen LogP contribution in [0.25, 0.3) is 0 Å². The summed E-state index contributed by atoms with van der Waals surface area (Å²) in [6.07, 6.45) is 0. The standard InChI is InChI=1S/C13H9Br2NO4S/c1-20-6-2-3-7(13(18)19)9(4-6)16-12(17)8-5-10(14)21-11(8)15/h2-5H,1H3,(H,16,17)(H,18,19). The number of carbonyl (C=O) groups is 2. The number of ether oxygens (including phenoxy) is 1. The zero-order valence-electron chi connectivity index (χ0n) is 10.6. The average Bonchev–Trinajstić information content (AvgIpc) is 2.77. The van der Waals surface area contributed by atoms with Crippen LogP contribution in [-0.4, -0.2) is 24.1 Å². The molecule has 2 rings (SSSR count). The van der Waals surface area contributed by atoms with Gasteiger partial charge < -0.3 is 15.2 Å². The highest BCUT2D eigenvalue weighted by atomic mass is 79.9. The van der Waals surface area contributed by atoms with Crippen molar-refractivity contribution in [2.24, 2.45) is 0 Å². The van der Waals surface area contributed by atoms with E-state index in [-0.39, 0.29) is 11.3 Å². The molecule has 1 amide bonds. The van der Waals surface area contributed by atoms with Crippen LogP contribution in [-0.2, 0) is 0 Å². The number of thiophene rings is 1. The minimum absolute atomic E-state index is 0.00503. The Labute approximate surface area is 141 Å². The second kappa shape index (κ2) is 6.59. The molecule has 8 heteroatoms. The highest BCUT2D eigenvalue weighted by Crippen LogP contribution is 2.33. The molecule has 1 aromatic heterocycles. The van der Waals surface area contributed by atoms with E-state index >= 15 is 0 Å². The first kappa shape index (κ1) is 16.0. The number of hydrogen-bond donors (Lipinski definition) is 2. The fourth-order valence-corrected chi connectivity index (χ4v) is 4.42. The molecular formula is C13H9Br2NO4S. The van der Waals surface area contributed by atoms with Gasteiger partial charge >= 0.3 is 5.97 Å². The van der Waals surface area contributed by atoms with Gasteiger partial charge in [0, 0.05) is 6.07 Å². The van der Waals surface area contributed by atoms with Gasteiger partial charge in [-0.2, -0.15) is 0 Å². The molecule has 110 valence electrons. The summed E-state index contributed by atoms with van der Waals surface area (Å²) in [4.78, 5) is 23.4. The summed E-state index contributed by atoms with van der Waals surface area (Å²) >= 11 is 7.94. The average molecular weight is 435 g/mol. The number of halogens is 2. The highest BCUT2D eigenvalue weighted by molar-refractivity contribution is 9.12. The van der Waals surface area contributed by atoms with Crippen molar-refractivity contribution in [3.05, 3.63) is 43.0 Å². The Balaban J connectivity index is 2.35. The van der Waals surface area contributed by atoms with Crippen LogP contribution in [0.15, 0.2) is 31.8 Å². The van der Waals surface area contributed by atoms with Crippen molar-refractivity contribution in [3.8, 4) is 5.75 Å². The predicted octanol–water partition coefficient (Wildman–Crippen LogP) is 4.23. The number of anilines is 1. The first-order chi connectivity index (χ1) is 9.92. The number of carboxylic acid groups (broad SMARTS) is 1. The van der Waals surface area contributed by atoms with Crippen molar-refractivity contribution in [2.45, 2.75) is 0 Å². The Hall–Kier alpha value is -1.38. The van der Waals surface area contributed by atoms with Crippen LogP contribution in [0.4, 0.5) is 5.69 Å². The summed E-state index contributed by atoms with van der Waals surface area (Å²) in [5, 5.41) is 11.8. The Morgan fingerprint density at radius 2 is 1.95 bits per heavy atom. The van der Waals surface area contributed by atoms with Gasteiger partial charge in [0.05, 0.1) is 31.5 Å². The van der Waals surface area contributed by atoms with Crippen LogP contribution in [0.3, 0.4) is 0 Å². The van der Waals surface area contributed by atoms with Crippen LogP contribution >= 0.6 is 43.2 Å². The normalized spacial score (nSPS) is 10.2. The second-order valence-corrected chi connectivity index (χ2v) is 7.66. The summed E-state index contributed by atoms with van der Waals surface area (Å²) in [5.74, 6) is -1.07. The molecule has 2 aromatic rings. The number of carboxylic acids is 1. The maximum atomic E-state index is 12.2. The highest BCUT2D eigenvalue weighted by Gasteiger charge is 2.18. The fourth-order valence-electron chi connectivity index (χ4n) is 1.62. The third kappa shape index (κ3) is 3.63. The molecule has 0 atom stereocenters. The molecule has 1 heterocycles. The number of benzene rings is 1. The molecule has 2 N–H and O–H groups in total. The van der Waals surface area contributed by atoms with Crippen molar-refractivity contribution in [3.63, 3.8) is 0 Å². The molecule has 1 aromatic carbocycles. The van der Waals surface area contributed by atoms with Crippen molar-refractivity contribution in [1.82, 2.24) is 0 Å². The van der Waals surface area contributed by atoms with Crippen molar-refractivity contribution in [2.75, 3.05) is 12.4 Å². The summed E-state index contributed by atoms with van der Waals surface area (Å²) < 4.78 is 6.50. The summed E-state index contributed by atoms with van der Waals surface area (Å²) in [7, 11) is 1.47. The number of rotatable bonds is 4. The molecular weight excluding hydrogens is 426 g/mol. The summed E-state index contributed by atoms with van der Waals surface area (Å²) in [5.41, 5.74) is 0.599. The molecule has 0 radical (unpaired) electrons. The SMILES string of the molecule is COc1ccc(C(=O)O)c(NC(=O)c2cc(Br)sc2Br)c1. The number of hydrogen-bond acceptors (Lipinski definition) is 4. The van der Waals surface area contributed by atoms with Gasteiger partial charge in [-0.1, -0.05) is 0 Å². The van der Waals surface area contributed by atoms with E-state index < -0.39 is 11.9 Å². The Bertz CT molecular complexity index is 714. The monoisotopic (exact) mass is 433 g/mol. The minimum Gasteiger partial charge on any atom is -0.497 e. The van der Waals surface area contributed by atoms with E-state index in [1.807, 2.05) is 0 Å². The Morgan fingerprint density at radius 3 is 2.48 bits per heavy atom. The van der Waals surface area contributed by atoms with Crippen LogP contribution in [0.1, 0.15) is 20.7 Å². The molecule has 0 unspecified atom stereocenters. The Morgan fingerprint density at radius 1 is 1.24 bits per heavy atom. The van der Waals surface area contributed by atoms with Gasteiger partial charge in [0.2, 0.25) is 0 Å². The van der Waals surface area contributed by atoms with E-state index in [4.69, 9.17) is 9.84 Å². The number of carbonyl (C=O) groups excluding carboxylic acids is 1. The lowest BCUT2D eigenvalue weighted by atomic mass is 10.1. The zero-order chi connectivity index (χ0) is 15.6. The smallest absolute Gasteiger partial charge is 0.337 e. The fraction of sp³-hybridized carbons (Fsp3) is 0.0769. The van der Waals surface area contributed by atoms with Crippen molar-refractivity contribution < 1.29 is 19.4 Å². The van der Waals surface area contributed by atoms with E-state index in [9.17, 15) is 9.59 Å². The topological polar surface area (TPSA) is 75.6 Å². The zero-order valence-corrected chi connectivity index (χ0v) is 14.6. The van der Waals surface area contributed by atoms with Crippen LogP contribution in [0.5, 0.6) is 5.75 Å². The van der Waals surface area contributed by atoms with Crippen molar-refractivity contribution >= 4 is 60.8 Å². The molecule has 0 aliphatic rings. The van der Waals surface area contributed by atoms with Gasteiger partial charge in [0.15, 0.2) is 0 Å². The first-order valence-electron chi connectivity index (χ1n) is 5.60. The minimum atomic E-state index is -1.13.